The maximum atomic E-state index is 11.2. The van der Waals surface area contributed by atoms with Crippen molar-refractivity contribution in [2.24, 2.45) is 0 Å². The molecule has 0 bridgehead atoms. The fourth-order valence-electron chi connectivity index (χ4n) is 1.46. The summed E-state index contributed by atoms with van der Waals surface area (Å²) in [6.45, 7) is 2.85. The van der Waals surface area contributed by atoms with Crippen LogP contribution in [-0.4, -0.2) is 27.0 Å². The van der Waals surface area contributed by atoms with Crippen molar-refractivity contribution in [3.05, 3.63) is 20.8 Å². The van der Waals surface area contributed by atoms with Gasteiger partial charge in [0, 0.05) is 21.6 Å². The van der Waals surface area contributed by atoms with E-state index in [4.69, 9.17) is 0 Å². The standard InChI is InChI=1S/C10H16BrNO2S2/c1-3-12-9(5-7-16(2,13)14)10-8(11)4-6-15-10/h4,6,9,12H,3,5,7H2,1-2H3. The van der Waals surface area contributed by atoms with Crippen molar-refractivity contribution in [3.8, 4) is 0 Å². The van der Waals surface area contributed by atoms with Crippen LogP contribution in [0.5, 0.6) is 0 Å². The fourth-order valence-corrected chi connectivity index (χ4v) is 3.88. The molecule has 16 heavy (non-hydrogen) atoms. The van der Waals surface area contributed by atoms with E-state index in [2.05, 4.69) is 21.2 Å². The van der Waals surface area contributed by atoms with E-state index in [1.807, 2.05) is 18.4 Å². The molecule has 1 aromatic heterocycles. The van der Waals surface area contributed by atoms with E-state index >= 15 is 0 Å². The Balaban J connectivity index is 2.72. The molecule has 0 aromatic carbocycles. The molecule has 0 aliphatic rings. The molecule has 6 heteroatoms. The number of thiophene rings is 1. The maximum Gasteiger partial charge on any atom is 0.147 e. The van der Waals surface area contributed by atoms with Crippen LogP contribution >= 0.6 is 27.3 Å². The van der Waals surface area contributed by atoms with Crippen LogP contribution in [0.2, 0.25) is 0 Å². The molecular weight excluding hydrogens is 310 g/mol. The first kappa shape index (κ1) is 14.2. The SMILES string of the molecule is CCNC(CCS(C)(=O)=O)c1sccc1Br. The molecular formula is C10H16BrNO2S2. The molecule has 0 amide bonds. The van der Waals surface area contributed by atoms with Gasteiger partial charge in [-0.3, -0.25) is 0 Å². The zero-order valence-corrected chi connectivity index (χ0v) is 12.6. The summed E-state index contributed by atoms with van der Waals surface area (Å²) in [6, 6.07) is 2.11. The molecule has 1 unspecified atom stereocenters. The Morgan fingerprint density at radius 3 is 2.69 bits per heavy atom. The first-order chi connectivity index (χ1) is 7.44. The van der Waals surface area contributed by atoms with Crippen LogP contribution < -0.4 is 5.32 Å². The van der Waals surface area contributed by atoms with Crippen molar-refractivity contribution >= 4 is 37.1 Å². The summed E-state index contributed by atoms with van der Waals surface area (Å²) in [5.41, 5.74) is 0. The molecule has 3 nitrogen and oxygen atoms in total. The molecule has 1 N–H and O–H groups in total. The van der Waals surface area contributed by atoms with E-state index in [1.54, 1.807) is 11.3 Å². The van der Waals surface area contributed by atoms with Crippen LogP contribution in [-0.2, 0) is 9.84 Å². The van der Waals surface area contributed by atoms with Crippen LogP contribution in [0.25, 0.3) is 0 Å². The maximum absolute atomic E-state index is 11.2. The van der Waals surface area contributed by atoms with E-state index in [0.717, 1.165) is 11.0 Å². The molecule has 0 radical (unpaired) electrons. The van der Waals surface area contributed by atoms with E-state index in [1.165, 1.54) is 11.1 Å². The van der Waals surface area contributed by atoms with Crippen LogP contribution in [0, 0.1) is 0 Å². The molecule has 92 valence electrons. The molecule has 1 heterocycles. The first-order valence-corrected chi connectivity index (χ1v) is 8.81. The molecule has 0 fully saturated rings. The normalized spacial score (nSPS) is 13.9. The Morgan fingerprint density at radius 2 is 2.25 bits per heavy atom. The lowest BCUT2D eigenvalue weighted by Gasteiger charge is -2.16. The Kier molecular flexibility index (Phi) is 5.43. The minimum absolute atomic E-state index is 0.120. The third kappa shape index (κ3) is 4.53. The summed E-state index contributed by atoms with van der Waals surface area (Å²) in [4.78, 5) is 1.17. The minimum Gasteiger partial charge on any atom is -0.309 e. The van der Waals surface area contributed by atoms with E-state index in [-0.39, 0.29) is 11.8 Å². The second kappa shape index (κ2) is 6.14. The number of hydrogen-bond acceptors (Lipinski definition) is 4. The van der Waals surface area contributed by atoms with Gasteiger partial charge in [0.1, 0.15) is 9.84 Å². The summed E-state index contributed by atoms with van der Waals surface area (Å²) >= 11 is 5.12. The third-order valence-corrected chi connectivity index (χ3v) is 5.15. The minimum atomic E-state index is -2.89. The van der Waals surface area contributed by atoms with Crippen molar-refractivity contribution in [2.45, 2.75) is 19.4 Å². The largest absolute Gasteiger partial charge is 0.309 e. The monoisotopic (exact) mass is 325 g/mol. The van der Waals surface area contributed by atoms with Crippen molar-refractivity contribution in [1.82, 2.24) is 5.32 Å². The highest BCUT2D eigenvalue weighted by Crippen LogP contribution is 2.31. The predicted molar refractivity (Wildman–Crippen MR) is 72.8 cm³/mol. The average molecular weight is 326 g/mol. The zero-order chi connectivity index (χ0) is 12.2. The number of sulfone groups is 1. The number of hydrogen-bond donors (Lipinski definition) is 1. The van der Waals surface area contributed by atoms with E-state index in [9.17, 15) is 8.42 Å². The van der Waals surface area contributed by atoms with Gasteiger partial charge in [0.15, 0.2) is 0 Å². The van der Waals surface area contributed by atoms with Crippen LogP contribution in [0.15, 0.2) is 15.9 Å². The van der Waals surface area contributed by atoms with E-state index < -0.39 is 9.84 Å². The second-order valence-corrected chi connectivity index (χ2v) is 7.72. The fraction of sp³-hybridized carbons (Fsp3) is 0.600. The molecule has 0 spiro atoms. The molecule has 0 aliphatic carbocycles. The summed E-state index contributed by atoms with van der Waals surface area (Å²) in [5.74, 6) is 0.217. The quantitative estimate of drug-likeness (QED) is 0.874. The van der Waals surface area contributed by atoms with Crippen molar-refractivity contribution in [2.75, 3.05) is 18.6 Å². The molecule has 1 aromatic rings. The zero-order valence-electron chi connectivity index (χ0n) is 9.36. The van der Waals surface area contributed by atoms with Gasteiger partial charge in [0.2, 0.25) is 0 Å². The van der Waals surface area contributed by atoms with Gasteiger partial charge < -0.3 is 5.32 Å². The van der Waals surface area contributed by atoms with Gasteiger partial charge >= 0.3 is 0 Å². The lowest BCUT2D eigenvalue weighted by Crippen LogP contribution is -2.22. The molecule has 1 atom stereocenters. The van der Waals surface area contributed by atoms with Gasteiger partial charge in [-0.15, -0.1) is 11.3 Å². The highest BCUT2D eigenvalue weighted by molar-refractivity contribution is 9.10. The Labute approximate surface area is 109 Å². The summed E-state index contributed by atoms with van der Waals surface area (Å²) in [6.07, 6.45) is 1.89. The molecule has 1 rings (SSSR count). The van der Waals surface area contributed by atoms with Crippen molar-refractivity contribution in [3.63, 3.8) is 0 Å². The third-order valence-electron chi connectivity index (χ3n) is 2.19. The lowest BCUT2D eigenvalue weighted by molar-refractivity contribution is 0.535. The highest BCUT2D eigenvalue weighted by Gasteiger charge is 2.16. The summed E-state index contributed by atoms with van der Waals surface area (Å²) in [7, 11) is -2.89. The average Bonchev–Trinajstić information content (AvgIpc) is 2.57. The summed E-state index contributed by atoms with van der Waals surface area (Å²) in [5, 5.41) is 5.32. The predicted octanol–water partition coefficient (Wildman–Crippen LogP) is 2.60. The van der Waals surface area contributed by atoms with Gasteiger partial charge in [-0.2, -0.15) is 0 Å². The highest BCUT2D eigenvalue weighted by atomic mass is 79.9. The van der Waals surface area contributed by atoms with Gasteiger partial charge in [-0.25, -0.2) is 8.42 Å². The van der Waals surface area contributed by atoms with Gasteiger partial charge in [-0.1, -0.05) is 6.92 Å². The van der Waals surface area contributed by atoms with Crippen molar-refractivity contribution in [1.29, 1.82) is 0 Å². The van der Waals surface area contributed by atoms with Gasteiger partial charge in [-0.05, 0) is 40.3 Å². The molecule has 0 saturated carbocycles. The van der Waals surface area contributed by atoms with Crippen molar-refractivity contribution < 1.29 is 8.42 Å². The second-order valence-electron chi connectivity index (χ2n) is 3.66. The Morgan fingerprint density at radius 1 is 1.56 bits per heavy atom. The number of halogens is 1. The summed E-state index contributed by atoms with van der Waals surface area (Å²) < 4.78 is 23.4. The number of nitrogens with one attached hydrogen (secondary N) is 1. The lowest BCUT2D eigenvalue weighted by atomic mass is 10.2. The van der Waals surface area contributed by atoms with Crippen LogP contribution in [0.3, 0.4) is 0 Å². The molecule has 0 saturated heterocycles. The Bertz CT molecular complexity index is 428. The smallest absolute Gasteiger partial charge is 0.147 e. The topological polar surface area (TPSA) is 46.2 Å². The van der Waals surface area contributed by atoms with Crippen LogP contribution in [0.1, 0.15) is 24.3 Å². The Hall–Kier alpha value is 0.0900. The number of rotatable bonds is 6. The van der Waals surface area contributed by atoms with E-state index in [0.29, 0.717) is 6.42 Å². The van der Waals surface area contributed by atoms with Crippen LogP contribution in [0.4, 0.5) is 0 Å². The van der Waals surface area contributed by atoms with Gasteiger partial charge in [0.05, 0.1) is 5.75 Å². The first-order valence-electron chi connectivity index (χ1n) is 5.08. The molecule has 0 aliphatic heterocycles. The van der Waals surface area contributed by atoms with Gasteiger partial charge in [0.25, 0.3) is 0 Å².